The molecule has 0 saturated carbocycles. The largest absolute Gasteiger partial charge is 0.383 e. The van der Waals surface area contributed by atoms with Gasteiger partial charge in [-0.1, -0.05) is 44.4 Å². The summed E-state index contributed by atoms with van der Waals surface area (Å²) in [6.45, 7) is 10.4. The Morgan fingerprint density at radius 1 is 1.18 bits per heavy atom. The van der Waals surface area contributed by atoms with Crippen molar-refractivity contribution >= 4 is 17.4 Å². The van der Waals surface area contributed by atoms with Gasteiger partial charge in [-0.2, -0.15) is 0 Å². The molecule has 0 aliphatic heterocycles. The molecule has 0 radical (unpaired) electrons. The number of nitrogens with zero attached hydrogens (tertiary/aromatic N) is 2. The highest BCUT2D eigenvalue weighted by molar-refractivity contribution is 6.07. The van der Waals surface area contributed by atoms with Crippen LogP contribution in [0.1, 0.15) is 55.1 Å². The molecule has 0 fully saturated rings. The lowest BCUT2D eigenvalue weighted by Gasteiger charge is -2.25. The van der Waals surface area contributed by atoms with E-state index < -0.39 is 11.2 Å². The van der Waals surface area contributed by atoms with Crippen molar-refractivity contribution < 1.29 is 4.79 Å². The third-order valence-electron chi connectivity index (χ3n) is 4.48. The minimum Gasteiger partial charge on any atom is -0.383 e. The van der Waals surface area contributed by atoms with Gasteiger partial charge in [0.1, 0.15) is 5.82 Å². The highest BCUT2D eigenvalue weighted by atomic mass is 16.2. The van der Waals surface area contributed by atoms with Gasteiger partial charge in [-0.15, -0.1) is 0 Å². The Morgan fingerprint density at radius 2 is 1.79 bits per heavy atom. The molecule has 2 rings (SSSR count). The Morgan fingerprint density at radius 3 is 2.32 bits per heavy atom. The Hall–Kier alpha value is -2.83. The molecule has 2 aromatic rings. The Bertz CT molecular complexity index is 952. The van der Waals surface area contributed by atoms with Gasteiger partial charge in [-0.05, 0) is 38.3 Å². The van der Waals surface area contributed by atoms with E-state index in [1.54, 1.807) is 12.1 Å². The van der Waals surface area contributed by atoms with E-state index >= 15 is 0 Å². The van der Waals surface area contributed by atoms with Crippen molar-refractivity contribution in [1.82, 2.24) is 9.55 Å². The van der Waals surface area contributed by atoms with Crippen LogP contribution in [0.25, 0.3) is 0 Å². The zero-order chi connectivity index (χ0) is 21.0. The summed E-state index contributed by atoms with van der Waals surface area (Å²) in [4.78, 5) is 41.9. The van der Waals surface area contributed by atoms with Crippen molar-refractivity contribution in [2.45, 2.75) is 54.0 Å². The first-order valence-electron chi connectivity index (χ1n) is 9.68. The molecule has 1 amide bonds. The van der Waals surface area contributed by atoms with Gasteiger partial charge in [-0.25, -0.2) is 4.79 Å². The van der Waals surface area contributed by atoms with Crippen molar-refractivity contribution in [3.63, 3.8) is 0 Å². The maximum absolute atomic E-state index is 13.3. The van der Waals surface area contributed by atoms with Crippen molar-refractivity contribution in [2.24, 2.45) is 5.92 Å². The number of aryl methyl sites for hydroxylation is 2. The van der Waals surface area contributed by atoms with Gasteiger partial charge >= 0.3 is 5.69 Å². The van der Waals surface area contributed by atoms with Gasteiger partial charge < -0.3 is 10.6 Å². The number of H-pyrrole nitrogens is 1. The van der Waals surface area contributed by atoms with E-state index in [1.807, 2.05) is 40.7 Å². The first-order valence-corrected chi connectivity index (χ1v) is 9.68. The van der Waals surface area contributed by atoms with E-state index in [9.17, 15) is 14.4 Å². The molecule has 1 heterocycles. The zero-order valence-electron chi connectivity index (χ0n) is 17.3. The minimum absolute atomic E-state index is 0.0243. The summed E-state index contributed by atoms with van der Waals surface area (Å²) < 4.78 is 1.33. The Labute approximate surface area is 165 Å². The van der Waals surface area contributed by atoms with Crippen molar-refractivity contribution in [1.29, 1.82) is 0 Å². The number of nitrogens with one attached hydrogen (secondary N) is 1. The van der Waals surface area contributed by atoms with E-state index in [1.165, 1.54) is 9.47 Å². The summed E-state index contributed by atoms with van der Waals surface area (Å²) in [5.41, 5.74) is 7.49. The molecule has 0 unspecified atom stereocenters. The highest BCUT2D eigenvalue weighted by Gasteiger charge is 2.25. The molecule has 0 aliphatic carbocycles. The van der Waals surface area contributed by atoms with Crippen LogP contribution >= 0.6 is 0 Å². The molecule has 7 heteroatoms. The number of aromatic amines is 1. The van der Waals surface area contributed by atoms with Crippen LogP contribution in [0.2, 0.25) is 0 Å². The fourth-order valence-corrected chi connectivity index (χ4v) is 3.27. The number of rotatable bonds is 7. The fourth-order valence-electron chi connectivity index (χ4n) is 3.27. The summed E-state index contributed by atoms with van der Waals surface area (Å²) in [6.07, 6.45) is 1.55. The molecule has 1 aromatic heterocycles. The monoisotopic (exact) mass is 386 g/mol. The lowest BCUT2D eigenvalue weighted by atomic mass is 10.1. The molecule has 0 spiro atoms. The molecule has 0 saturated heterocycles. The number of hydrogen-bond acceptors (Lipinski definition) is 4. The van der Waals surface area contributed by atoms with E-state index in [-0.39, 0.29) is 23.3 Å². The van der Waals surface area contributed by atoms with Crippen molar-refractivity contribution in [2.75, 3.05) is 17.2 Å². The molecule has 152 valence electrons. The molecule has 0 bridgehead atoms. The fraction of sp³-hybridized carbons (Fsp3) is 0.476. The number of benzene rings is 1. The van der Waals surface area contributed by atoms with Gasteiger partial charge in [0.05, 0.1) is 0 Å². The maximum atomic E-state index is 13.3. The smallest absolute Gasteiger partial charge is 0.330 e. The zero-order valence-corrected chi connectivity index (χ0v) is 17.3. The van der Waals surface area contributed by atoms with Gasteiger partial charge in [0.25, 0.3) is 11.5 Å². The van der Waals surface area contributed by atoms with Gasteiger partial charge in [0.15, 0.2) is 5.69 Å². The molecule has 1 aromatic carbocycles. The van der Waals surface area contributed by atoms with Crippen LogP contribution in [-0.2, 0) is 6.54 Å². The van der Waals surface area contributed by atoms with Crippen LogP contribution < -0.4 is 21.9 Å². The molecule has 3 N–H and O–H groups in total. The highest BCUT2D eigenvalue weighted by Crippen LogP contribution is 2.22. The van der Waals surface area contributed by atoms with E-state index in [4.69, 9.17) is 5.73 Å². The van der Waals surface area contributed by atoms with Crippen molar-refractivity contribution in [3.05, 3.63) is 55.7 Å². The van der Waals surface area contributed by atoms with Crippen LogP contribution in [0.5, 0.6) is 0 Å². The number of anilines is 2. The third-order valence-corrected chi connectivity index (χ3v) is 4.48. The summed E-state index contributed by atoms with van der Waals surface area (Å²) in [6, 6.07) is 5.57. The van der Waals surface area contributed by atoms with Crippen molar-refractivity contribution in [3.8, 4) is 0 Å². The normalized spacial score (nSPS) is 11.1. The molecular formula is C21H30N4O3. The second-order valence-corrected chi connectivity index (χ2v) is 7.68. The van der Waals surface area contributed by atoms with Gasteiger partial charge in [0, 0.05) is 18.7 Å². The standard InChI is InChI=1S/C21H30N4O3/c1-6-7-8-24(20(27)16-10-14(4)9-15(5)11-16)17-18(22)25(12-13(2)3)21(28)23-19(17)26/h9-11,13H,6-8,12,22H2,1-5H3,(H,23,26,28). The van der Waals surface area contributed by atoms with E-state index in [0.29, 0.717) is 25.1 Å². The molecule has 28 heavy (non-hydrogen) atoms. The van der Waals surface area contributed by atoms with Gasteiger partial charge in [-0.3, -0.25) is 19.1 Å². The molecular weight excluding hydrogens is 356 g/mol. The number of amides is 1. The lowest BCUT2D eigenvalue weighted by molar-refractivity contribution is 0.0986. The summed E-state index contributed by atoms with van der Waals surface area (Å²) >= 11 is 0. The first-order chi connectivity index (χ1) is 13.1. The van der Waals surface area contributed by atoms with Gasteiger partial charge in [0.2, 0.25) is 0 Å². The Balaban J connectivity index is 2.64. The summed E-state index contributed by atoms with van der Waals surface area (Å²) in [7, 11) is 0. The third kappa shape index (κ3) is 4.71. The number of aromatic nitrogens is 2. The average molecular weight is 386 g/mol. The predicted molar refractivity (Wildman–Crippen MR) is 113 cm³/mol. The van der Waals surface area contributed by atoms with Crippen LogP contribution in [0.3, 0.4) is 0 Å². The molecule has 7 nitrogen and oxygen atoms in total. The maximum Gasteiger partial charge on any atom is 0.330 e. The number of carbonyl (C=O) groups excluding carboxylic acids is 1. The summed E-state index contributed by atoms with van der Waals surface area (Å²) in [5, 5.41) is 0. The molecule has 0 aliphatic rings. The van der Waals surface area contributed by atoms with Crippen LogP contribution in [-0.4, -0.2) is 22.0 Å². The quantitative estimate of drug-likeness (QED) is 0.764. The molecule has 0 atom stereocenters. The number of nitrogens with two attached hydrogens (primary N) is 1. The Kier molecular flexibility index (Phi) is 6.83. The first kappa shape index (κ1) is 21.5. The number of unbranched alkanes of at least 4 members (excludes halogenated alkanes) is 1. The van der Waals surface area contributed by atoms with Crippen LogP contribution in [0.15, 0.2) is 27.8 Å². The lowest BCUT2D eigenvalue weighted by Crippen LogP contribution is -2.42. The topological polar surface area (TPSA) is 101 Å². The van der Waals surface area contributed by atoms with E-state index in [0.717, 1.165) is 17.5 Å². The number of nitrogen functional groups attached to an aromatic ring is 1. The number of hydrogen-bond donors (Lipinski definition) is 2. The summed E-state index contributed by atoms with van der Waals surface area (Å²) in [5.74, 6) is -0.124. The van der Waals surface area contributed by atoms with Crippen LogP contribution in [0.4, 0.5) is 11.5 Å². The second-order valence-electron chi connectivity index (χ2n) is 7.68. The SMILES string of the molecule is CCCCN(C(=O)c1cc(C)cc(C)c1)c1c(N)n(CC(C)C)c(=O)[nH]c1=O. The number of carbonyl (C=O) groups is 1. The van der Waals surface area contributed by atoms with E-state index in [2.05, 4.69) is 4.98 Å². The minimum atomic E-state index is -0.642. The predicted octanol–water partition coefficient (Wildman–Crippen LogP) is 2.84. The second kappa shape index (κ2) is 8.91. The average Bonchev–Trinajstić information content (AvgIpc) is 2.59. The van der Waals surface area contributed by atoms with Crippen LogP contribution in [0, 0.1) is 19.8 Å².